The molecule has 3 rings (SSSR count). The molecule has 0 saturated carbocycles. The Morgan fingerprint density at radius 3 is 2.77 bits per heavy atom. The molecule has 1 aliphatic rings. The van der Waals surface area contributed by atoms with E-state index in [0.29, 0.717) is 19.7 Å². The molecule has 1 aromatic heterocycles. The van der Waals surface area contributed by atoms with Gasteiger partial charge in [-0.05, 0) is 17.7 Å². The lowest BCUT2D eigenvalue weighted by Gasteiger charge is -2.32. The summed E-state index contributed by atoms with van der Waals surface area (Å²) < 4.78 is 20.5. The van der Waals surface area contributed by atoms with Crippen molar-refractivity contribution in [3.05, 3.63) is 47.0 Å². The molecule has 2 aromatic rings. The largest absolute Gasteiger partial charge is 0.371 e. The van der Waals surface area contributed by atoms with Crippen LogP contribution in [0, 0.1) is 5.82 Å². The maximum atomic E-state index is 13.1. The first-order valence-corrected chi connectivity index (χ1v) is 8.57. The number of carbonyl (C=O) groups excluding carboxylic acids is 1. The van der Waals surface area contributed by atoms with Gasteiger partial charge in [-0.3, -0.25) is 14.4 Å². The van der Waals surface area contributed by atoms with Gasteiger partial charge in [0.1, 0.15) is 18.1 Å². The number of rotatable bonds is 6. The van der Waals surface area contributed by atoms with Gasteiger partial charge in [-0.15, -0.1) is 5.10 Å². The van der Waals surface area contributed by atoms with E-state index in [1.807, 2.05) is 7.05 Å². The monoisotopic (exact) mass is 361 g/mol. The van der Waals surface area contributed by atoms with Crippen molar-refractivity contribution in [1.29, 1.82) is 0 Å². The van der Waals surface area contributed by atoms with Gasteiger partial charge >= 0.3 is 0 Å². The molecule has 26 heavy (non-hydrogen) atoms. The number of hydrogen-bond donors (Lipinski definition) is 0. The summed E-state index contributed by atoms with van der Waals surface area (Å²) in [5.41, 5.74) is 3.02. The lowest BCUT2D eigenvalue weighted by molar-refractivity contribution is -0.133. The number of aromatic nitrogens is 3. The van der Waals surface area contributed by atoms with Crippen molar-refractivity contribution in [2.45, 2.75) is 19.0 Å². The van der Waals surface area contributed by atoms with Gasteiger partial charge in [0.05, 0.1) is 12.3 Å². The molecule has 0 saturated heterocycles. The van der Waals surface area contributed by atoms with E-state index in [-0.39, 0.29) is 24.2 Å². The summed E-state index contributed by atoms with van der Waals surface area (Å²) in [4.78, 5) is 15.5. The number of nitrogens with zero attached hydrogens (tertiary/aromatic N) is 5. The van der Waals surface area contributed by atoms with Gasteiger partial charge in [0.15, 0.2) is 0 Å². The molecule has 8 heteroatoms. The summed E-state index contributed by atoms with van der Waals surface area (Å²) in [6.45, 7) is 2.63. The van der Waals surface area contributed by atoms with Crippen LogP contribution in [0.2, 0.25) is 0 Å². The number of fused-ring (bicyclic) bond motifs is 1. The highest BCUT2D eigenvalue weighted by Gasteiger charge is 2.30. The SMILES string of the molecule is CN(C)C(=O)COCC1CN(Cc2ccc(F)cc2)Cc2nnn(C)c21. The van der Waals surface area contributed by atoms with Crippen molar-refractivity contribution in [2.75, 3.05) is 33.9 Å². The third-order valence-corrected chi connectivity index (χ3v) is 4.55. The number of aryl methyl sites for hydroxylation is 1. The summed E-state index contributed by atoms with van der Waals surface area (Å²) in [5.74, 6) is -0.220. The maximum Gasteiger partial charge on any atom is 0.248 e. The number of ether oxygens (including phenoxy) is 1. The third-order valence-electron chi connectivity index (χ3n) is 4.55. The Morgan fingerprint density at radius 2 is 2.08 bits per heavy atom. The first-order chi connectivity index (χ1) is 12.4. The minimum absolute atomic E-state index is 0.0576. The molecule has 1 atom stereocenters. The van der Waals surface area contributed by atoms with Crippen LogP contribution in [-0.4, -0.2) is 64.6 Å². The van der Waals surface area contributed by atoms with Crippen LogP contribution in [0.1, 0.15) is 22.9 Å². The van der Waals surface area contributed by atoms with Gasteiger partial charge in [0, 0.05) is 46.7 Å². The van der Waals surface area contributed by atoms with Crippen molar-refractivity contribution in [1.82, 2.24) is 24.8 Å². The average Bonchev–Trinajstić information content (AvgIpc) is 2.98. The second kappa shape index (κ2) is 7.92. The Hall–Kier alpha value is -2.32. The molecule has 1 amide bonds. The maximum absolute atomic E-state index is 13.1. The smallest absolute Gasteiger partial charge is 0.248 e. The summed E-state index contributed by atoms with van der Waals surface area (Å²) in [6.07, 6.45) is 0. The van der Waals surface area contributed by atoms with Crippen molar-refractivity contribution in [3.8, 4) is 0 Å². The predicted molar refractivity (Wildman–Crippen MR) is 93.8 cm³/mol. The summed E-state index contributed by atoms with van der Waals surface area (Å²) in [7, 11) is 5.29. The predicted octanol–water partition coefficient (Wildman–Crippen LogP) is 1.16. The molecule has 7 nitrogen and oxygen atoms in total. The van der Waals surface area contributed by atoms with Crippen LogP contribution in [0.25, 0.3) is 0 Å². The van der Waals surface area contributed by atoms with E-state index in [2.05, 4.69) is 15.2 Å². The number of likely N-dealkylation sites (N-methyl/N-ethyl adjacent to an activating group) is 1. The Bertz CT molecular complexity index is 759. The Kier molecular flexibility index (Phi) is 5.63. The van der Waals surface area contributed by atoms with Gasteiger partial charge < -0.3 is 9.64 Å². The highest BCUT2D eigenvalue weighted by Crippen LogP contribution is 2.27. The lowest BCUT2D eigenvalue weighted by Crippen LogP contribution is -2.36. The fraction of sp³-hybridized carbons (Fsp3) is 0.500. The van der Waals surface area contributed by atoms with E-state index >= 15 is 0 Å². The lowest BCUT2D eigenvalue weighted by atomic mass is 9.98. The second-order valence-corrected chi connectivity index (χ2v) is 6.84. The quantitative estimate of drug-likeness (QED) is 0.773. The van der Waals surface area contributed by atoms with Crippen molar-refractivity contribution in [3.63, 3.8) is 0 Å². The summed E-state index contributed by atoms with van der Waals surface area (Å²) >= 11 is 0. The van der Waals surface area contributed by atoms with Crippen LogP contribution in [0.4, 0.5) is 4.39 Å². The van der Waals surface area contributed by atoms with Crippen molar-refractivity contribution < 1.29 is 13.9 Å². The molecule has 0 bridgehead atoms. The number of carbonyl (C=O) groups is 1. The summed E-state index contributed by atoms with van der Waals surface area (Å²) in [6, 6.07) is 6.53. The molecular formula is C18H24FN5O2. The number of halogens is 1. The van der Waals surface area contributed by atoms with Gasteiger partial charge in [0.2, 0.25) is 5.91 Å². The van der Waals surface area contributed by atoms with Crippen molar-refractivity contribution in [2.24, 2.45) is 7.05 Å². The van der Waals surface area contributed by atoms with E-state index in [0.717, 1.165) is 23.5 Å². The van der Waals surface area contributed by atoms with E-state index in [9.17, 15) is 9.18 Å². The second-order valence-electron chi connectivity index (χ2n) is 6.84. The van der Waals surface area contributed by atoms with Crippen LogP contribution >= 0.6 is 0 Å². The molecule has 0 radical (unpaired) electrons. The molecule has 0 N–H and O–H groups in total. The first kappa shape index (κ1) is 18.5. The Morgan fingerprint density at radius 1 is 1.35 bits per heavy atom. The van der Waals surface area contributed by atoms with E-state index in [4.69, 9.17) is 4.74 Å². The molecule has 0 aliphatic carbocycles. The zero-order chi connectivity index (χ0) is 18.7. The normalized spacial score (nSPS) is 17.2. The minimum Gasteiger partial charge on any atom is -0.371 e. The van der Waals surface area contributed by atoms with Crippen LogP contribution in [-0.2, 0) is 29.7 Å². The van der Waals surface area contributed by atoms with E-state index < -0.39 is 0 Å². The fourth-order valence-electron chi connectivity index (χ4n) is 3.21. The Labute approximate surface area is 152 Å². The topological polar surface area (TPSA) is 63.5 Å². The van der Waals surface area contributed by atoms with Crippen LogP contribution in [0.15, 0.2) is 24.3 Å². The standard InChI is InChI=1S/C18H24FN5O2/c1-22(2)17(25)12-26-11-14-9-24(8-13-4-6-15(19)7-5-13)10-16-18(14)23(3)21-20-16/h4-7,14H,8-12H2,1-3H3. The number of hydrogen-bond acceptors (Lipinski definition) is 5. The molecular weight excluding hydrogens is 337 g/mol. The molecule has 0 fully saturated rings. The van der Waals surface area contributed by atoms with Crippen molar-refractivity contribution >= 4 is 5.91 Å². The van der Waals surface area contributed by atoms with E-state index in [1.54, 1.807) is 30.9 Å². The zero-order valence-corrected chi connectivity index (χ0v) is 15.4. The average molecular weight is 361 g/mol. The van der Waals surface area contributed by atoms with Crippen LogP contribution < -0.4 is 0 Å². The molecule has 2 heterocycles. The minimum atomic E-state index is -0.236. The fourth-order valence-corrected chi connectivity index (χ4v) is 3.21. The molecule has 1 aliphatic heterocycles. The van der Waals surface area contributed by atoms with Crippen LogP contribution in [0.5, 0.6) is 0 Å². The van der Waals surface area contributed by atoms with Gasteiger partial charge in [-0.2, -0.15) is 0 Å². The summed E-state index contributed by atoms with van der Waals surface area (Å²) in [5, 5.41) is 8.40. The highest BCUT2D eigenvalue weighted by molar-refractivity contribution is 5.76. The number of amides is 1. The van der Waals surface area contributed by atoms with E-state index in [1.165, 1.54) is 17.0 Å². The van der Waals surface area contributed by atoms with Crippen LogP contribution in [0.3, 0.4) is 0 Å². The number of benzene rings is 1. The van der Waals surface area contributed by atoms with Gasteiger partial charge in [-0.25, -0.2) is 4.39 Å². The zero-order valence-electron chi connectivity index (χ0n) is 15.4. The Balaban J connectivity index is 1.68. The molecule has 1 aromatic carbocycles. The molecule has 0 spiro atoms. The molecule has 1 unspecified atom stereocenters. The van der Waals surface area contributed by atoms with Gasteiger partial charge in [0.25, 0.3) is 0 Å². The molecule has 140 valence electrons. The third kappa shape index (κ3) is 4.25. The van der Waals surface area contributed by atoms with Gasteiger partial charge in [-0.1, -0.05) is 17.3 Å². The first-order valence-electron chi connectivity index (χ1n) is 8.57. The highest BCUT2D eigenvalue weighted by atomic mass is 19.1.